The van der Waals surface area contributed by atoms with Crippen LogP contribution in [-0.2, 0) is 23.1 Å². The molecule has 1 fully saturated rings. The number of hydrogen-bond donors (Lipinski definition) is 2. The second-order valence-corrected chi connectivity index (χ2v) is 8.54. The Bertz CT molecular complexity index is 719. The summed E-state index contributed by atoms with van der Waals surface area (Å²) in [6.45, 7) is 0.826. The van der Waals surface area contributed by atoms with Crippen LogP contribution < -0.4 is 10.0 Å². The topological polar surface area (TPSA) is 71.3 Å². The molecule has 2 heterocycles. The van der Waals surface area contributed by atoms with Crippen LogP contribution in [0.15, 0.2) is 37.6 Å². The third kappa shape index (κ3) is 4.17. The zero-order chi connectivity index (χ0) is 14.9. The first-order chi connectivity index (χ1) is 10.0. The lowest BCUT2D eigenvalue weighted by Crippen LogP contribution is -2.22. The molecule has 8 heteroatoms. The van der Waals surface area contributed by atoms with Gasteiger partial charge in [0, 0.05) is 27.3 Å². The quantitative estimate of drug-likeness (QED) is 0.762. The van der Waals surface area contributed by atoms with Crippen molar-refractivity contribution >= 4 is 37.3 Å². The van der Waals surface area contributed by atoms with E-state index in [-0.39, 0.29) is 11.6 Å². The maximum Gasteiger partial charge on any atom is 0.274 e. The molecule has 0 aromatic carbocycles. The first-order valence-electron chi connectivity index (χ1n) is 6.57. The van der Waals surface area contributed by atoms with Crippen LogP contribution >= 0.6 is 27.3 Å². The molecule has 1 aliphatic carbocycles. The van der Waals surface area contributed by atoms with Crippen molar-refractivity contribution in [3.8, 4) is 0 Å². The summed E-state index contributed by atoms with van der Waals surface area (Å²) in [6, 6.07) is 5.65. The van der Waals surface area contributed by atoms with Crippen molar-refractivity contribution in [3.05, 3.63) is 38.7 Å². The van der Waals surface area contributed by atoms with E-state index in [9.17, 15) is 8.42 Å². The molecule has 0 radical (unpaired) electrons. The Hall–Kier alpha value is -0.670. The predicted octanol–water partition coefficient (Wildman–Crippen LogP) is 2.83. The van der Waals surface area contributed by atoms with Crippen molar-refractivity contribution in [2.24, 2.45) is 0 Å². The molecule has 0 aliphatic heterocycles. The summed E-state index contributed by atoms with van der Waals surface area (Å²) in [5.74, 6) is 0.640. The van der Waals surface area contributed by atoms with Gasteiger partial charge in [-0.15, -0.1) is 11.3 Å². The van der Waals surface area contributed by atoms with E-state index in [0.717, 1.165) is 9.35 Å². The lowest BCUT2D eigenvalue weighted by molar-refractivity contribution is 0.399. The van der Waals surface area contributed by atoms with E-state index >= 15 is 0 Å². The summed E-state index contributed by atoms with van der Waals surface area (Å²) in [4.78, 5) is 0.938. The number of sulfonamides is 1. The van der Waals surface area contributed by atoms with E-state index < -0.39 is 10.0 Å². The van der Waals surface area contributed by atoms with E-state index in [1.54, 1.807) is 6.07 Å². The summed E-state index contributed by atoms with van der Waals surface area (Å²) in [5, 5.41) is 5.16. The second kappa shape index (κ2) is 6.21. The summed E-state index contributed by atoms with van der Waals surface area (Å²) in [6.07, 6.45) is 2.37. The Morgan fingerprint density at radius 1 is 1.33 bits per heavy atom. The third-order valence-corrected chi connectivity index (χ3v) is 6.07. The highest BCUT2D eigenvalue weighted by molar-refractivity contribution is 9.10. The predicted molar refractivity (Wildman–Crippen MR) is 84.6 cm³/mol. The van der Waals surface area contributed by atoms with Crippen LogP contribution in [-0.4, -0.2) is 14.5 Å². The normalized spacial score (nSPS) is 15.5. The first-order valence-corrected chi connectivity index (χ1v) is 9.73. The second-order valence-electron chi connectivity index (χ2n) is 4.93. The van der Waals surface area contributed by atoms with Gasteiger partial charge in [-0.2, -0.15) is 0 Å². The number of hydrogen-bond acceptors (Lipinski definition) is 5. The maximum atomic E-state index is 12.1. The van der Waals surface area contributed by atoms with E-state index in [4.69, 9.17) is 4.42 Å². The zero-order valence-corrected chi connectivity index (χ0v) is 14.4. The Labute approximate surface area is 135 Å². The standard InChI is InChI=1S/C13H15BrN2O3S2/c14-9-5-12(20-8-9)7-16-21(17,18)13-4-3-11(19-13)6-15-10-1-2-10/h3-5,8,10,15-16H,1-2,6-7H2. The molecule has 2 aromatic heterocycles. The van der Waals surface area contributed by atoms with E-state index in [1.165, 1.54) is 30.2 Å². The van der Waals surface area contributed by atoms with Crippen molar-refractivity contribution in [1.29, 1.82) is 0 Å². The summed E-state index contributed by atoms with van der Waals surface area (Å²) in [7, 11) is -3.60. The first kappa shape index (κ1) is 15.2. The fourth-order valence-electron chi connectivity index (χ4n) is 1.81. The van der Waals surface area contributed by atoms with E-state index in [1.807, 2.05) is 11.4 Å². The number of furan rings is 1. The minimum atomic E-state index is -3.60. The van der Waals surface area contributed by atoms with Crippen LogP contribution in [0.2, 0.25) is 0 Å². The average molecular weight is 391 g/mol. The van der Waals surface area contributed by atoms with Crippen molar-refractivity contribution in [2.45, 2.75) is 37.1 Å². The lowest BCUT2D eigenvalue weighted by Gasteiger charge is -2.03. The molecular weight excluding hydrogens is 376 g/mol. The monoisotopic (exact) mass is 390 g/mol. The molecule has 1 saturated carbocycles. The largest absolute Gasteiger partial charge is 0.447 e. The third-order valence-electron chi connectivity index (χ3n) is 3.10. The lowest BCUT2D eigenvalue weighted by atomic mass is 10.4. The highest BCUT2D eigenvalue weighted by Gasteiger charge is 2.22. The minimum Gasteiger partial charge on any atom is -0.447 e. The number of thiophene rings is 1. The number of nitrogens with one attached hydrogen (secondary N) is 2. The van der Waals surface area contributed by atoms with Crippen LogP contribution in [0.3, 0.4) is 0 Å². The SMILES string of the molecule is O=S(=O)(NCc1cc(Br)cs1)c1ccc(CNC2CC2)o1. The van der Waals surface area contributed by atoms with Crippen LogP contribution in [0, 0.1) is 0 Å². The molecule has 3 rings (SSSR count). The van der Waals surface area contributed by atoms with Gasteiger partial charge < -0.3 is 9.73 Å². The smallest absolute Gasteiger partial charge is 0.274 e. The van der Waals surface area contributed by atoms with Gasteiger partial charge in [0.25, 0.3) is 10.0 Å². The Kier molecular flexibility index (Phi) is 4.51. The molecule has 2 aromatic rings. The highest BCUT2D eigenvalue weighted by atomic mass is 79.9. The maximum absolute atomic E-state index is 12.1. The van der Waals surface area contributed by atoms with Gasteiger partial charge in [0.15, 0.2) is 0 Å². The molecule has 0 amide bonds. The molecule has 0 atom stereocenters. The molecule has 1 aliphatic rings. The molecular formula is C13H15BrN2O3S2. The van der Waals surface area contributed by atoms with Crippen LogP contribution in [0.5, 0.6) is 0 Å². The van der Waals surface area contributed by atoms with Crippen LogP contribution in [0.25, 0.3) is 0 Å². The van der Waals surface area contributed by atoms with Gasteiger partial charge in [0.05, 0.1) is 6.54 Å². The highest BCUT2D eigenvalue weighted by Crippen LogP contribution is 2.22. The van der Waals surface area contributed by atoms with Gasteiger partial charge in [0.1, 0.15) is 5.76 Å². The van der Waals surface area contributed by atoms with E-state index in [0.29, 0.717) is 18.3 Å². The number of halogens is 1. The fraction of sp³-hybridized carbons (Fsp3) is 0.385. The van der Waals surface area contributed by atoms with Crippen molar-refractivity contribution in [2.75, 3.05) is 0 Å². The van der Waals surface area contributed by atoms with Gasteiger partial charge in [-0.05, 0) is 47.0 Å². The molecule has 0 saturated heterocycles. The molecule has 114 valence electrons. The van der Waals surface area contributed by atoms with Gasteiger partial charge in [0.2, 0.25) is 5.09 Å². The molecule has 0 bridgehead atoms. The molecule has 21 heavy (non-hydrogen) atoms. The summed E-state index contributed by atoms with van der Waals surface area (Å²) in [5.41, 5.74) is 0. The van der Waals surface area contributed by atoms with Crippen molar-refractivity contribution in [1.82, 2.24) is 10.0 Å². The Morgan fingerprint density at radius 3 is 2.81 bits per heavy atom. The average Bonchev–Trinajstić information content (AvgIpc) is 2.97. The van der Waals surface area contributed by atoms with Gasteiger partial charge in [-0.3, -0.25) is 0 Å². The minimum absolute atomic E-state index is 0.0364. The van der Waals surface area contributed by atoms with Crippen LogP contribution in [0.4, 0.5) is 0 Å². The molecule has 5 nitrogen and oxygen atoms in total. The summed E-state index contributed by atoms with van der Waals surface area (Å²) < 4.78 is 33.2. The molecule has 2 N–H and O–H groups in total. The number of rotatable bonds is 7. The van der Waals surface area contributed by atoms with Crippen molar-refractivity contribution < 1.29 is 12.8 Å². The fourth-order valence-corrected chi connectivity index (χ4v) is 4.25. The zero-order valence-electron chi connectivity index (χ0n) is 11.1. The van der Waals surface area contributed by atoms with E-state index in [2.05, 4.69) is 26.0 Å². The Morgan fingerprint density at radius 2 is 2.14 bits per heavy atom. The summed E-state index contributed by atoms with van der Waals surface area (Å²) >= 11 is 4.84. The molecule has 0 unspecified atom stereocenters. The van der Waals surface area contributed by atoms with Crippen LogP contribution in [0.1, 0.15) is 23.5 Å². The van der Waals surface area contributed by atoms with Gasteiger partial charge >= 0.3 is 0 Å². The van der Waals surface area contributed by atoms with Gasteiger partial charge in [-0.25, -0.2) is 13.1 Å². The van der Waals surface area contributed by atoms with Gasteiger partial charge in [-0.1, -0.05) is 0 Å². The van der Waals surface area contributed by atoms with Crippen molar-refractivity contribution in [3.63, 3.8) is 0 Å². The molecule has 0 spiro atoms. The Balaban J connectivity index is 1.60.